The van der Waals surface area contributed by atoms with Gasteiger partial charge >= 0.3 is 6.09 Å². The van der Waals surface area contributed by atoms with Gasteiger partial charge in [0, 0.05) is 30.7 Å². The minimum atomic E-state index is -0.451. The molecular formula is C16H20BrFN2O3. The second kappa shape index (κ2) is 7.77. The quantitative estimate of drug-likeness (QED) is 0.801. The molecule has 1 aliphatic heterocycles. The van der Waals surface area contributed by atoms with Gasteiger partial charge in [-0.1, -0.05) is 13.8 Å². The van der Waals surface area contributed by atoms with E-state index in [1.54, 1.807) is 9.80 Å². The summed E-state index contributed by atoms with van der Waals surface area (Å²) in [7, 11) is 0. The van der Waals surface area contributed by atoms with Crippen molar-refractivity contribution in [1.29, 1.82) is 0 Å². The molecule has 2 amide bonds. The molecule has 0 radical (unpaired) electrons. The Morgan fingerprint density at radius 2 is 1.83 bits per heavy atom. The van der Waals surface area contributed by atoms with Crippen LogP contribution in [0.25, 0.3) is 0 Å². The Balaban J connectivity index is 1.92. The molecule has 2 rings (SSSR count). The lowest BCUT2D eigenvalue weighted by Crippen LogP contribution is -2.50. The molecule has 5 nitrogen and oxygen atoms in total. The molecule has 0 aromatic heterocycles. The highest BCUT2D eigenvalue weighted by atomic mass is 79.9. The van der Waals surface area contributed by atoms with Crippen molar-refractivity contribution in [3.63, 3.8) is 0 Å². The molecule has 23 heavy (non-hydrogen) atoms. The van der Waals surface area contributed by atoms with E-state index in [9.17, 15) is 14.0 Å². The van der Waals surface area contributed by atoms with Crippen molar-refractivity contribution in [3.05, 3.63) is 34.1 Å². The van der Waals surface area contributed by atoms with Crippen LogP contribution in [0.1, 0.15) is 24.2 Å². The van der Waals surface area contributed by atoms with Crippen LogP contribution in [0.15, 0.2) is 22.7 Å². The molecule has 1 aromatic rings. The Morgan fingerprint density at radius 3 is 2.43 bits per heavy atom. The molecule has 126 valence electrons. The van der Waals surface area contributed by atoms with Gasteiger partial charge in [-0.25, -0.2) is 9.18 Å². The van der Waals surface area contributed by atoms with Crippen LogP contribution in [0.5, 0.6) is 0 Å². The lowest BCUT2D eigenvalue weighted by molar-refractivity contribution is 0.0534. The minimum Gasteiger partial charge on any atom is -0.449 e. The zero-order chi connectivity index (χ0) is 17.0. The molecule has 1 saturated heterocycles. The molecule has 0 unspecified atom stereocenters. The first-order chi connectivity index (χ1) is 10.9. The number of amides is 2. The molecule has 0 saturated carbocycles. The van der Waals surface area contributed by atoms with Crippen molar-refractivity contribution in [1.82, 2.24) is 9.80 Å². The average Bonchev–Trinajstić information content (AvgIpc) is 2.54. The van der Waals surface area contributed by atoms with E-state index >= 15 is 0 Å². The number of hydrogen-bond acceptors (Lipinski definition) is 3. The number of carbonyl (C=O) groups excluding carboxylic acids is 2. The summed E-state index contributed by atoms with van der Waals surface area (Å²) in [6.07, 6.45) is -0.349. The van der Waals surface area contributed by atoms with E-state index in [1.807, 2.05) is 13.8 Å². The summed E-state index contributed by atoms with van der Waals surface area (Å²) < 4.78 is 19.1. The first-order valence-electron chi connectivity index (χ1n) is 7.54. The van der Waals surface area contributed by atoms with Gasteiger partial charge in [-0.05, 0) is 40.0 Å². The highest BCUT2D eigenvalue weighted by Gasteiger charge is 2.26. The Bertz CT molecular complexity index is 587. The molecule has 1 heterocycles. The van der Waals surface area contributed by atoms with Crippen molar-refractivity contribution in [2.75, 3.05) is 32.8 Å². The summed E-state index contributed by atoms with van der Waals surface area (Å²) >= 11 is 3.27. The fourth-order valence-corrected chi connectivity index (χ4v) is 2.67. The third-order valence-corrected chi connectivity index (χ3v) is 4.22. The number of hydrogen-bond donors (Lipinski definition) is 0. The number of halogens is 2. The average molecular weight is 387 g/mol. The van der Waals surface area contributed by atoms with Crippen LogP contribution >= 0.6 is 15.9 Å². The fourth-order valence-electron chi connectivity index (χ4n) is 2.25. The van der Waals surface area contributed by atoms with Crippen LogP contribution in [-0.4, -0.2) is 54.6 Å². The smallest absolute Gasteiger partial charge is 0.409 e. The molecule has 0 bridgehead atoms. The van der Waals surface area contributed by atoms with Gasteiger partial charge in [0.15, 0.2) is 0 Å². The van der Waals surface area contributed by atoms with Crippen molar-refractivity contribution in [2.45, 2.75) is 13.8 Å². The SMILES string of the molecule is CC(C)COC(=O)N1CCN(C(=O)c2cc(F)ccc2Br)CC1. The highest BCUT2D eigenvalue weighted by Crippen LogP contribution is 2.20. The Kier molecular flexibility index (Phi) is 5.98. The van der Waals surface area contributed by atoms with Crippen LogP contribution in [0.3, 0.4) is 0 Å². The van der Waals surface area contributed by atoms with E-state index in [1.165, 1.54) is 18.2 Å². The monoisotopic (exact) mass is 386 g/mol. The van der Waals surface area contributed by atoms with E-state index in [0.717, 1.165) is 0 Å². The molecule has 0 spiro atoms. The van der Waals surface area contributed by atoms with Crippen LogP contribution in [0.4, 0.5) is 9.18 Å². The maximum Gasteiger partial charge on any atom is 0.409 e. The molecule has 0 atom stereocenters. The predicted octanol–water partition coefficient (Wildman–Crippen LogP) is 3.14. The van der Waals surface area contributed by atoms with Crippen molar-refractivity contribution >= 4 is 27.9 Å². The molecule has 0 aliphatic carbocycles. The van der Waals surface area contributed by atoms with Gasteiger partial charge < -0.3 is 14.5 Å². The molecule has 0 N–H and O–H groups in total. The Labute approximate surface area is 143 Å². The summed E-state index contributed by atoms with van der Waals surface area (Å²) in [4.78, 5) is 27.6. The van der Waals surface area contributed by atoms with Crippen LogP contribution in [0, 0.1) is 11.7 Å². The number of rotatable bonds is 3. The second-order valence-electron chi connectivity index (χ2n) is 5.87. The zero-order valence-electron chi connectivity index (χ0n) is 13.2. The Hall–Kier alpha value is -1.63. The minimum absolute atomic E-state index is 0.244. The van der Waals surface area contributed by atoms with Gasteiger partial charge in [0.2, 0.25) is 0 Å². The number of piperazine rings is 1. The molecule has 1 aliphatic rings. The lowest BCUT2D eigenvalue weighted by Gasteiger charge is -2.34. The highest BCUT2D eigenvalue weighted by molar-refractivity contribution is 9.10. The van der Waals surface area contributed by atoms with E-state index in [0.29, 0.717) is 42.8 Å². The van der Waals surface area contributed by atoms with Gasteiger partial charge in [-0.3, -0.25) is 4.79 Å². The van der Waals surface area contributed by atoms with Crippen LogP contribution < -0.4 is 0 Å². The van der Waals surface area contributed by atoms with Crippen molar-refractivity contribution in [2.24, 2.45) is 5.92 Å². The van der Waals surface area contributed by atoms with E-state index in [2.05, 4.69) is 15.9 Å². The molecule has 7 heteroatoms. The van der Waals surface area contributed by atoms with Gasteiger partial charge in [0.25, 0.3) is 5.91 Å². The summed E-state index contributed by atoms with van der Waals surface area (Å²) in [5.74, 6) is -0.411. The fraction of sp³-hybridized carbons (Fsp3) is 0.500. The van der Waals surface area contributed by atoms with Gasteiger partial charge in [-0.2, -0.15) is 0 Å². The number of benzene rings is 1. The lowest BCUT2D eigenvalue weighted by atomic mass is 10.1. The number of carbonyl (C=O) groups is 2. The standard InChI is InChI=1S/C16H20BrFN2O3/c1-11(2)10-23-16(22)20-7-5-19(6-8-20)15(21)13-9-12(18)3-4-14(13)17/h3-4,9,11H,5-8,10H2,1-2H3. The first kappa shape index (κ1) is 17.7. The summed E-state index contributed by atoms with van der Waals surface area (Å²) in [5.41, 5.74) is 0.292. The van der Waals surface area contributed by atoms with Crippen molar-refractivity contribution < 1.29 is 18.7 Å². The Morgan fingerprint density at radius 1 is 1.22 bits per heavy atom. The summed E-state index contributed by atoms with van der Waals surface area (Å²) in [6, 6.07) is 4.03. The predicted molar refractivity (Wildman–Crippen MR) is 87.8 cm³/mol. The van der Waals surface area contributed by atoms with Gasteiger partial charge in [-0.15, -0.1) is 0 Å². The maximum atomic E-state index is 13.3. The number of ether oxygens (including phenoxy) is 1. The van der Waals surface area contributed by atoms with Gasteiger partial charge in [0.1, 0.15) is 5.82 Å². The van der Waals surface area contributed by atoms with Crippen molar-refractivity contribution in [3.8, 4) is 0 Å². The molecule has 1 fully saturated rings. The molecule has 1 aromatic carbocycles. The maximum absolute atomic E-state index is 13.3. The second-order valence-corrected chi connectivity index (χ2v) is 6.73. The third-order valence-electron chi connectivity index (χ3n) is 3.52. The van der Waals surface area contributed by atoms with Gasteiger partial charge in [0.05, 0.1) is 12.2 Å². The zero-order valence-corrected chi connectivity index (χ0v) is 14.8. The topological polar surface area (TPSA) is 49.9 Å². The van der Waals surface area contributed by atoms with E-state index in [-0.39, 0.29) is 17.9 Å². The molecular weight excluding hydrogens is 367 g/mol. The largest absolute Gasteiger partial charge is 0.449 e. The number of nitrogens with zero attached hydrogens (tertiary/aromatic N) is 2. The first-order valence-corrected chi connectivity index (χ1v) is 8.34. The van der Waals surface area contributed by atoms with Crippen LogP contribution in [0.2, 0.25) is 0 Å². The van der Waals surface area contributed by atoms with E-state index < -0.39 is 5.82 Å². The normalized spacial score (nSPS) is 15.0. The third kappa shape index (κ3) is 4.67. The summed E-state index contributed by atoms with van der Waals surface area (Å²) in [5, 5.41) is 0. The van der Waals surface area contributed by atoms with Crippen LogP contribution in [-0.2, 0) is 4.74 Å². The summed E-state index contributed by atoms with van der Waals surface area (Å²) in [6.45, 7) is 5.96. The van der Waals surface area contributed by atoms with E-state index in [4.69, 9.17) is 4.74 Å².